The average molecular weight is 346 g/mol. The molecule has 2 heteroatoms. The predicted molar refractivity (Wildman–Crippen MR) is 111 cm³/mol. The summed E-state index contributed by atoms with van der Waals surface area (Å²) in [5.74, 6) is 0. The molecular weight excluding hydrogens is 306 g/mol. The molecule has 0 N–H and O–H groups in total. The highest BCUT2D eigenvalue weighted by Gasteiger charge is 2.21. The standard InChI is InChI=1S/C23H39NO/c1-5-9-11-15-19-24(20-16-12-10-6-2)23(25-8-4)22-18-14-13-17-21(22)7-3/h7,13-14,17-18,23H,3,5-6,8-12,15-16,19-20H2,1-2,4H3. The van der Waals surface area contributed by atoms with Gasteiger partial charge in [0.1, 0.15) is 6.23 Å². The Kier molecular flexibility index (Phi) is 12.4. The largest absolute Gasteiger partial charge is 0.359 e. The second-order valence-electron chi connectivity index (χ2n) is 6.80. The maximum absolute atomic E-state index is 6.22. The lowest BCUT2D eigenvalue weighted by Gasteiger charge is -2.33. The molecule has 0 aromatic heterocycles. The Labute approximate surface area is 156 Å². The molecule has 0 saturated heterocycles. The summed E-state index contributed by atoms with van der Waals surface area (Å²) in [5, 5.41) is 0. The first kappa shape index (κ1) is 21.9. The van der Waals surface area contributed by atoms with E-state index in [1.165, 1.54) is 62.5 Å². The third-order valence-corrected chi connectivity index (χ3v) is 4.74. The molecule has 1 unspecified atom stereocenters. The van der Waals surface area contributed by atoms with Crippen molar-refractivity contribution in [3.05, 3.63) is 42.0 Å². The van der Waals surface area contributed by atoms with Gasteiger partial charge in [-0.05, 0) is 25.3 Å². The van der Waals surface area contributed by atoms with Crippen molar-refractivity contribution in [3.63, 3.8) is 0 Å². The molecule has 25 heavy (non-hydrogen) atoms. The average Bonchev–Trinajstić information content (AvgIpc) is 2.65. The van der Waals surface area contributed by atoms with E-state index in [0.717, 1.165) is 19.7 Å². The van der Waals surface area contributed by atoms with Crippen LogP contribution < -0.4 is 0 Å². The fourth-order valence-electron chi connectivity index (χ4n) is 3.30. The molecule has 0 aliphatic rings. The molecule has 2 nitrogen and oxygen atoms in total. The summed E-state index contributed by atoms with van der Waals surface area (Å²) < 4.78 is 6.22. The van der Waals surface area contributed by atoms with Crippen LogP contribution in [0.25, 0.3) is 6.08 Å². The van der Waals surface area contributed by atoms with Gasteiger partial charge >= 0.3 is 0 Å². The lowest BCUT2D eigenvalue weighted by atomic mass is 10.0. The number of nitrogens with zero attached hydrogens (tertiary/aromatic N) is 1. The first-order valence-corrected chi connectivity index (χ1v) is 10.3. The molecule has 0 heterocycles. The van der Waals surface area contributed by atoms with Gasteiger partial charge in [-0.3, -0.25) is 4.90 Å². The summed E-state index contributed by atoms with van der Waals surface area (Å²) in [6.07, 6.45) is 12.3. The zero-order valence-corrected chi connectivity index (χ0v) is 16.8. The van der Waals surface area contributed by atoms with Crippen molar-refractivity contribution in [2.24, 2.45) is 0 Å². The van der Waals surface area contributed by atoms with Gasteiger partial charge in [-0.15, -0.1) is 0 Å². The fourth-order valence-corrected chi connectivity index (χ4v) is 3.30. The minimum absolute atomic E-state index is 0.0439. The van der Waals surface area contributed by atoms with Crippen LogP contribution in [0.2, 0.25) is 0 Å². The van der Waals surface area contributed by atoms with E-state index < -0.39 is 0 Å². The quantitative estimate of drug-likeness (QED) is 0.255. The Morgan fingerprint density at radius 1 is 0.920 bits per heavy atom. The van der Waals surface area contributed by atoms with Crippen molar-refractivity contribution in [3.8, 4) is 0 Å². The maximum atomic E-state index is 6.22. The molecule has 0 aliphatic heterocycles. The normalized spacial score (nSPS) is 12.5. The molecule has 1 aromatic rings. The van der Waals surface area contributed by atoms with Gasteiger partial charge < -0.3 is 4.74 Å². The van der Waals surface area contributed by atoms with Gasteiger partial charge in [0, 0.05) is 25.3 Å². The van der Waals surface area contributed by atoms with Crippen molar-refractivity contribution in [2.45, 2.75) is 78.4 Å². The van der Waals surface area contributed by atoms with E-state index in [2.05, 4.69) is 56.5 Å². The van der Waals surface area contributed by atoms with E-state index in [1.807, 2.05) is 6.08 Å². The zero-order valence-electron chi connectivity index (χ0n) is 16.8. The molecule has 0 radical (unpaired) electrons. The van der Waals surface area contributed by atoms with Gasteiger partial charge in [-0.25, -0.2) is 0 Å². The van der Waals surface area contributed by atoms with E-state index in [0.29, 0.717) is 0 Å². The minimum atomic E-state index is 0.0439. The van der Waals surface area contributed by atoms with E-state index in [4.69, 9.17) is 4.74 Å². The number of benzene rings is 1. The highest BCUT2D eigenvalue weighted by Crippen LogP contribution is 2.27. The number of unbranched alkanes of at least 4 members (excludes halogenated alkanes) is 6. The molecule has 0 fully saturated rings. The Morgan fingerprint density at radius 3 is 2.04 bits per heavy atom. The van der Waals surface area contributed by atoms with E-state index in [1.54, 1.807) is 0 Å². The van der Waals surface area contributed by atoms with Gasteiger partial charge in [0.05, 0.1) is 0 Å². The van der Waals surface area contributed by atoms with Gasteiger partial charge in [-0.2, -0.15) is 0 Å². The Hall–Kier alpha value is -1.12. The molecule has 142 valence electrons. The third-order valence-electron chi connectivity index (χ3n) is 4.74. The summed E-state index contributed by atoms with van der Waals surface area (Å²) in [7, 11) is 0. The number of ether oxygens (including phenoxy) is 1. The Morgan fingerprint density at radius 2 is 1.52 bits per heavy atom. The highest BCUT2D eigenvalue weighted by atomic mass is 16.5. The van der Waals surface area contributed by atoms with Crippen LogP contribution in [0.5, 0.6) is 0 Å². The van der Waals surface area contributed by atoms with Crippen LogP contribution in [0.4, 0.5) is 0 Å². The Balaban J connectivity index is 2.87. The number of rotatable bonds is 15. The van der Waals surface area contributed by atoms with Crippen molar-refractivity contribution in [1.82, 2.24) is 4.90 Å². The van der Waals surface area contributed by atoms with Crippen LogP contribution in [0.3, 0.4) is 0 Å². The van der Waals surface area contributed by atoms with Crippen molar-refractivity contribution in [2.75, 3.05) is 19.7 Å². The molecule has 0 aliphatic carbocycles. The van der Waals surface area contributed by atoms with Crippen LogP contribution in [0, 0.1) is 0 Å². The minimum Gasteiger partial charge on any atom is -0.359 e. The van der Waals surface area contributed by atoms with Crippen LogP contribution >= 0.6 is 0 Å². The summed E-state index contributed by atoms with van der Waals surface area (Å²) in [4.78, 5) is 2.55. The SMILES string of the molecule is C=Cc1ccccc1C(OCC)N(CCCCCC)CCCCCC. The molecular formula is C23H39NO. The molecule has 1 atom stereocenters. The van der Waals surface area contributed by atoms with E-state index >= 15 is 0 Å². The summed E-state index contributed by atoms with van der Waals surface area (Å²) in [5.41, 5.74) is 2.44. The summed E-state index contributed by atoms with van der Waals surface area (Å²) in [6.45, 7) is 13.6. The summed E-state index contributed by atoms with van der Waals surface area (Å²) >= 11 is 0. The lowest BCUT2D eigenvalue weighted by Crippen LogP contribution is -2.33. The van der Waals surface area contributed by atoms with Gasteiger partial charge in [0.25, 0.3) is 0 Å². The molecule has 1 aromatic carbocycles. The second-order valence-corrected chi connectivity index (χ2v) is 6.80. The molecule has 0 bridgehead atoms. The first-order valence-electron chi connectivity index (χ1n) is 10.3. The fraction of sp³-hybridized carbons (Fsp3) is 0.652. The van der Waals surface area contributed by atoms with Crippen molar-refractivity contribution < 1.29 is 4.74 Å². The van der Waals surface area contributed by atoms with Crippen molar-refractivity contribution in [1.29, 1.82) is 0 Å². The van der Waals surface area contributed by atoms with Crippen LogP contribution in [-0.2, 0) is 4.74 Å². The Bertz CT molecular complexity index is 445. The van der Waals surface area contributed by atoms with Gasteiger partial charge in [-0.1, -0.05) is 89.3 Å². The smallest absolute Gasteiger partial charge is 0.137 e. The predicted octanol–water partition coefficient (Wildman–Crippen LogP) is 6.83. The zero-order chi connectivity index (χ0) is 18.3. The molecule has 1 rings (SSSR count). The van der Waals surface area contributed by atoms with E-state index in [9.17, 15) is 0 Å². The van der Waals surface area contributed by atoms with E-state index in [-0.39, 0.29) is 6.23 Å². The van der Waals surface area contributed by atoms with Crippen molar-refractivity contribution >= 4 is 6.08 Å². The van der Waals surface area contributed by atoms with Gasteiger partial charge in [0.2, 0.25) is 0 Å². The monoisotopic (exact) mass is 345 g/mol. The molecule has 0 amide bonds. The lowest BCUT2D eigenvalue weighted by molar-refractivity contribution is -0.0593. The molecule has 0 saturated carbocycles. The van der Waals surface area contributed by atoms with Crippen LogP contribution in [-0.4, -0.2) is 24.6 Å². The number of hydrogen-bond acceptors (Lipinski definition) is 2. The van der Waals surface area contributed by atoms with Gasteiger partial charge in [0.15, 0.2) is 0 Å². The molecule has 0 spiro atoms. The van der Waals surface area contributed by atoms with Crippen LogP contribution in [0.15, 0.2) is 30.8 Å². The first-order chi connectivity index (χ1) is 12.3. The topological polar surface area (TPSA) is 12.5 Å². The maximum Gasteiger partial charge on any atom is 0.137 e. The number of hydrogen-bond donors (Lipinski definition) is 0. The highest BCUT2D eigenvalue weighted by molar-refractivity contribution is 5.52. The van der Waals surface area contributed by atoms with Crippen LogP contribution in [0.1, 0.15) is 89.5 Å². The summed E-state index contributed by atoms with van der Waals surface area (Å²) in [6, 6.07) is 8.53. The third kappa shape index (κ3) is 8.20. The second kappa shape index (κ2) is 14.1.